The zero-order valence-electron chi connectivity index (χ0n) is 9.62. The Labute approximate surface area is 91.3 Å². The third-order valence-electron chi connectivity index (χ3n) is 2.50. The average Bonchev–Trinajstić information content (AvgIpc) is 2.28. The summed E-state index contributed by atoms with van der Waals surface area (Å²) in [6.07, 6.45) is 0.989. The van der Waals surface area contributed by atoms with Crippen LogP contribution in [0.15, 0.2) is 24.3 Å². The molecule has 1 aromatic rings. The number of hydrogen-bond acceptors (Lipinski definition) is 2. The van der Waals surface area contributed by atoms with Crippen molar-refractivity contribution in [2.75, 3.05) is 6.61 Å². The van der Waals surface area contributed by atoms with Crippen molar-refractivity contribution in [3.8, 4) is 0 Å². The third kappa shape index (κ3) is 3.08. The molecule has 1 rings (SSSR count). The topological polar surface area (TPSA) is 26.3 Å². The number of esters is 1. The number of ether oxygens (including phenoxy) is 1. The van der Waals surface area contributed by atoms with E-state index < -0.39 is 0 Å². The van der Waals surface area contributed by atoms with Gasteiger partial charge in [-0.25, -0.2) is 0 Å². The van der Waals surface area contributed by atoms with Crippen LogP contribution in [0.25, 0.3) is 0 Å². The molecule has 0 heterocycles. The fourth-order valence-electron chi connectivity index (χ4n) is 1.49. The summed E-state index contributed by atoms with van der Waals surface area (Å²) in [5.41, 5.74) is 2.29. The van der Waals surface area contributed by atoms with Gasteiger partial charge in [0.2, 0.25) is 0 Å². The average molecular weight is 206 g/mol. The molecule has 0 aliphatic heterocycles. The lowest BCUT2D eigenvalue weighted by atomic mass is 9.98. The summed E-state index contributed by atoms with van der Waals surface area (Å²) in [4.78, 5) is 11.5. The summed E-state index contributed by atoms with van der Waals surface area (Å²) in [5, 5.41) is 0. The second-order valence-electron chi connectivity index (χ2n) is 3.57. The molecule has 0 bridgehead atoms. The summed E-state index contributed by atoms with van der Waals surface area (Å²) in [7, 11) is 0. The predicted molar refractivity (Wildman–Crippen MR) is 60.9 cm³/mol. The van der Waals surface area contributed by atoms with Crippen molar-refractivity contribution in [3.63, 3.8) is 0 Å². The van der Waals surface area contributed by atoms with Gasteiger partial charge in [0.1, 0.15) is 0 Å². The van der Waals surface area contributed by atoms with Crippen molar-refractivity contribution in [2.45, 2.75) is 33.1 Å². The van der Waals surface area contributed by atoms with Gasteiger partial charge in [0.25, 0.3) is 0 Å². The van der Waals surface area contributed by atoms with Gasteiger partial charge in [0, 0.05) is 0 Å². The van der Waals surface area contributed by atoms with Gasteiger partial charge in [-0.05, 0) is 31.4 Å². The molecule has 0 N–H and O–H groups in total. The number of hydrogen-bond donors (Lipinski definition) is 0. The molecule has 0 saturated heterocycles. The van der Waals surface area contributed by atoms with E-state index >= 15 is 0 Å². The standard InChI is InChI=1S/C13H18O2/c1-4-11-7-6-8-12(9-11)10(3)13(14)15-5-2/h6-10H,4-5H2,1-3H3. The Hall–Kier alpha value is -1.31. The van der Waals surface area contributed by atoms with Crippen molar-refractivity contribution in [2.24, 2.45) is 0 Å². The molecule has 1 unspecified atom stereocenters. The fourth-order valence-corrected chi connectivity index (χ4v) is 1.49. The van der Waals surface area contributed by atoms with E-state index in [0.717, 1.165) is 12.0 Å². The number of carbonyl (C=O) groups excluding carboxylic acids is 1. The molecular formula is C13H18O2. The van der Waals surface area contributed by atoms with Crippen LogP contribution in [0, 0.1) is 0 Å². The highest BCUT2D eigenvalue weighted by Gasteiger charge is 2.15. The van der Waals surface area contributed by atoms with E-state index in [1.807, 2.05) is 26.0 Å². The van der Waals surface area contributed by atoms with Crippen molar-refractivity contribution in [1.29, 1.82) is 0 Å². The van der Waals surface area contributed by atoms with E-state index in [4.69, 9.17) is 4.74 Å². The highest BCUT2D eigenvalue weighted by atomic mass is 16.5. The van der Waals surface area contributed by atoms with E-state index in [2.05, 4.69) is 19.1 Å². The molecule has 1 aromatic carbocycles. The highest BCUT2D eigenvalue weighted by molar-refractivity contribution is 5.77. The molecule has 0 saturated carbocycles. The first-order valence-electron chi connectivity index (χ1n) is 5.44. The Morgan fingerprint density at radius 3 is 2.73 bits per heavy atom. The first-order chi connectivity index (χ1) is 7.19. The Balaban J connectivity index is 2.81. The second-order valence-corrected chi connectivity index (χ2v) is 3.57. The van der Waals surface area contributed by atoms with Gasteiger partial charge in [-0.3, -0.25) is 4.79 Å². The quantitative estimate of drug-likeness (QED) is 0.708. The molecule has 0 aliphatic carbocycles. The molecule has 0 aliphatic rings. The maximum Gasteiger partial charge on any atom is 0.313 e. The van der Waals surface area contributed by atoms with Crippen LogP contribution in [-0.2, 0) is 16.0 Å². The van der Waals surface area contributed by atoms with Crippen LogP contribution >= 0.6 is 0 Å². The van der Waals surface area contributed by atoms with E-state index in [1.54, 1.807) is 0 Å². The number of carbonyl (C=O) groups is 1. The molecule has 82 valence electrons. The molecule has 0 aromatic heterocycles. The van der Waals surface area contributed by atoms with Crippen LogP contribution in [0.1, 0.15) is 37.8 Å². The first kappa shape index (κ1) is 11.8. The Morgan fingerprint density at radius 2 is 2.13 bits per heavy atom. The largest absolute Gasteiger partial charge is 0.466 e. The summed E-state index contributed by atoms with van der Waals surface area (Å²) in [6, 6.07) is 8.10. The number of rotatable bonds is 4. The number of benzene rings is 1. The lowest BCUT2D eigenvalue weighted by molar-refractivity contribution is -0.144. The van der Waals surface area contributed by atoms with Crippen LogP contribution in [0.5, 0.6) is 0 Å². The lowest BCUT2D eigenvalue weighted by Gasteiger charge is -2.11. The Bertz CT molecular complexity index is 331. The second kappa shape index (κ2) is 5.54. The SMILES string of the molecule is CCOC(=O)C(C)c1cccc(CC)c1. The summed E-state index contributed by atoms with van der Waals surface area (Å²) in [5.74, 6) is -0.317. The molecule has 15 heavy (non-hydrogen) atoms. The molecule has 1 atom stereocenters. The normalized spacial score (nSPS) is 12.2. The van der Waals surface area contributed by atoms with Crippen molar-refractivity contribution in [1.82, 2.24) is 0 Å². The lowest BCUT2D eigenvalue weighted by Crippen LogP contribution is -2.13. The molecule has 2 nitrogen and oxygen atoms in total. The Morgan fingerprint density at radius 1 is 1.40 bits per heavy atom. The summed E-state index contributed by atoms with van der Waals surface area (Å²) < 4.78 is 4.99. The molecule has 0 amide bonds. The van der Waals surface area contributed by atoms with Gasteiger partial charge in [-0.15, -0.1) is 0 Å². The van der Waals surface area contributed by atoms with E-state index in [1.165, 1.54) is 5.56 Å². The van der Waals surface area contributed by atoms with Gasteiger partial charge in [0.15, 0.2) is 0 Å². The minimum atomic E-state index is -0.170. The van der Waals surface area contributed by atoms with Crippen LogP contribution in [0.2, 0.25) is 0 Å². The minimum absolute atomic E-state index is 0.147. The van der Waals surface area contributed by atoms with Crippen LogP contribution in [-0.4, -0.2) is 12.6 Å². The molecule has 0 spiro atoms. The van der Waals surface area contributed by atoms with Crippen molar-refractivity contribution >= 4 is 5.97 Å². The minimum Gasteiger partial charge on any atom is -0.466 e. The Kier molecular flexibility index (Phi) is 4.35. The van der Waals surface area contributed by atoms with Crippen LogP contribution in [0.4, 0.5) is 0 Å². The van der Waals surface area contributed by atoms with Gasteiger partial charge in [-0.1, -0.05) is 31.2 Å². The first-order valence-corrected chi connectivity index (χ1v) is 5.44. The van der Waals surface area contributed by atoms with Crippen molar-refractivity contribution in [3.05, 3.63) is 35.4 Å². The third-order valence-corrected chi connectivity index (χ3v) is 2.50. The van der Waals surface area contributed by atoms with E-state index in [0.29, 0.717) is 6.61 Å². The summed E-state index contributed by atoms with van der Waals surface area (Å²) >= 11 is 0. The van der Waals surface area contributed by atoms with Gasteiger partial charge in [-0.2, -0.15) is 0 Å². The summed E-state index contributed by atoms with van der Waals surface area (Å²) in [6.45, 7) is 6.25. The predicted octanol–water partition coefficient (Wildman–Crippen LogP) is 2.92. The van der Waals surface area contributed by atoms with Crippen molar-refractivity contribution < 1.29 is 9.53 Å². The maximum atomic E-state index is 11.5. The van der Waals surface area contributed by atoms with Crippen LogP contribution < -0.4 is 0 Å². The zero-order chi connectivity index (χ0) is 11.3. The molecule has 0 radical (unpaired) electrons. The van der Waals surface area contributed by atoms with Crippen LogP contribution in [0.3, 0.4) is 0 Å². The van der Waals surface area contributed by atoms with Gasteiger partial charge in [0.05, 0.1) is 12.5 Å². The molecular weight excluding hydrogens is 188 g/mol. The highest BCUT2D eigenvalue weighted by Crippen LogP contribution is 2.18. The van der Waals surface area contributed by atoms with E-state index in [9.17, 15) is 4.79 Å². The molecule has 0 fully saturated rings. The molecule has 2 heteroatoms. The maximum absolute atomic E-state index is 11.5. The number of aryl methyl sites for hydroxylation is 1. The monoisotopic (exact) mass is 206 g/mol. The zero-order valence-corrected chi connectivity index (χ0v) is 9.62. The van der Waals surface area contributed by atoms with E-state index in [-0.39, 0.29) is 11.9 Å². The smallest absolute Gasteiger partial charge is 0.313 e. The fraction of sp³-hybridized carbons (Fsp3) is 0.462. The van der Waals surface area contributed by atoms with Gasteiger partial charge < -0.3 is 4.74 Å². The van der Waals surface area contributed by atoms with Gasteiger partial charge >= 0.3 is 5.97 Å².